The zero-order chi connectivity index (χ0) is 48.9. The molecule has 18 heteroatoms. The van der Waals surface area contributed by atoms with Gasteiger partial charge in [0.2, 0.25) is 21.3 Å². The number of piperidine rings is 1. The maximum absolute atomic E-state index is 13.6. The number of hydrogen-bond donors (Lipinski definition) is 3. The number of anilines is 1. The van der Waals surface area contributed by atoms with Gasteiger partial charge >= 0.3 is 5.97 Å². The molecule has 68 heavy (non-hydrogen) atoms. The number of sulfonamides is 1. The van der Waals surface area contributed by atoms with Gasteiger partial charge < -0.3 is 19.4 Å². The SMILES string of the molecule is CCN(CC)c1ccc2c(-c3ccc(S(=O)(=O)NCCCCCC(=O)NCCN4[C@H]5CC[C@@H]4[C@@H](C(=O)OC)[C@@H](c4ccc(Cl)c(Cl)c4)C5)cc3S(=O)(=O)O)c3ccc(=[N+](CC)CC)cc-3oc2c1. The van der Waals surface area contributed by atoms with E-state index in [1.54, 1.807) is 6.07 Å². The van der Waals surface area contributed by atoms with Crippen LogP contribution in [0.4, 0.5) is 5.69 Å². The quantitative estimate of drug-likeness (QED) is 0.0225. The Labute approximate surface area is 409 Å². The van der Waals surface area contributed by atoms with E-state index < -0.39 is 25.0 Å². The standard InChI is InChI=1S/C50H61Cl2N5O9S2/c1-6-55(7-2)33-15-19-37-44(29-33)66-45-30-34(56(8-3)9-4)16-20-38(45)48(37)39-21-18-36(31-46(39)68(62,63)64)67(60,61)54-24-12-10-11-13-47(58)53-25-26-57-35-17-23-43(57)49(50(59)65-5)40(28-35)32-14-22-41(51)42(52)27-32/h14-16,18-22,27,29-31,35,40,43,49,54H,6-13,17,23-26,28H2,1-5H3,(H-,53,58,62,63,64)/p+1/t35-,40+,43+,49-/m0/s1. The Hall–Kier alpha value is -4.55. The molecule has 0 saturated carbocycles. The summed E-state index contributed by atoms with van der Waals surface area (Å²) in [5, 5.41) is 5.43. The molecule has 0 radical (unpaired) electrons. The van der Waals surface area contributed by atoms with Crippen LogP contribution in [0.2, 0.25) is 10.0 Å². The van der Waals surface area contributed by atoms with E-state index in [1.165, 1.54) is 19.2 Å². The molecule has 3 N–H and O–H groups in total. The van der Waals surface area contributed by atoms with Crippen molar-refractivity contribution in [1.82, 2.24) is 19.5 Å². The van der Waals surface area contributed by atoms with Crippen molar-refractivity contribution in [2.24, 2.45) is 5.92 Å². The van der Waals surface area contributed by atoms with Crippen LogP contribution in [0.3, 0.4) is 0 Å². The van der Waals surface area contributed by atoms with E-state index in [0.29, 0.717) is 70.3 Å². The number of benzene rings is 4. The van der Waals surface area contributed by atoms with Gasteiger partial charge in [-0.25, -0.2) is 17.7 Å². The Kier molecular flexibility index (Phi) is 16.6. The summed E-state index contributed by atoms with van der Waals surface area (Å²) in [4.78, 5) is 29.6. The Balaban J connectivity index is 0.982. The molecule has 7 rings (SSSR count). The molecule has 4 atom stereocenters. The molecular formula is C50H62Cl2N5O9S2+. The Morgan fingerprint density at radius 1 is 0.868 bits per heavy atom. The molecule has 366 valence electrons. The number of halogens is 2. The van der Waals surface area contributed by atoms with Gasteiger partial charge in [0.15, 0.2) is 0 Å². The van der Waals surface area contributed by atoms with Gasteiger partial charge in [-0.3, -0.25) is 19.0 Å². The van der Waals surface area contributed by atoms with Crippen LogP contribution in [0, 0.1) is 5.92 Å². The molecule has 2 saturated heterocycles. The number of ether oxygens (including phenoxy) is 1. The first-order valence-corrected chi connectivity index (χ1v) is 27.2. The van der Waals surface area contributed by atoms with Gasteiger partial charge in [0.25, 0.3) is 10.1 Å². The summed E-state index contributed by atoms with van der Waals surface area (Å²) < 4.78 is 80.7. The third-order valence-electron chi connectivity index (χ3n) is 13.7. The predicted octanol–water partition coefficient (Wildman–Crippen LogP) is 8.18. The molecular weight excluding hydrogens is 950 g/mol. The minimum Gasteiger partial charge on any atom is -0.469 e. The number of esters is 1. The largest absolute Gasteiger partial charge is 0.469 e. The average Bonchev–Trinajstić information content (AvgIpc) is 3.59. The summed E-state index contributed by atoms with van der Waals surface area (Å²) in [5.74, 6) is -0.315. The van der Waals surface area contributed by atoms with Crippen molar-refractivity contribution < 1.29 is 40.1 Å². The van der Waals surface area contributed by atoms with Gasteiger partial charge in [0, 0.05) is 97.0 Å². The van der Waals surface area contributed by atoms with E-state index in [4.69, 9.17) is 32.4 Å². The third kappa shape index (κ3) is 11.1. The highest BCUT2D eigenvalue weighted by Gasteiger charge is 2.51. The smallest absolute Gasteiger partial charge is 0.310 e. The molecule has 0 spiro atoms. The van der Waals surface area contributed by atoms with Crippen LogP contribution in [-0.4, -0.2) is 103 Å². The van der Waals surface area contributed by atoms with Gasteiger partial charge in [-0.05, 0) is 108 Å². The van der Waals surface area contributed by atoms with E-state index in [0.717, 1.165) is 68.1 Å². The molecule has 14 nitrogen and oxygen atoms in total. The molecule has 3 aromatic rings. The Morgan fingerprint density at radius 3 is 2.31 bits per heavy atom. The van der Waals surface area contributed by atoms with Crippen LogP contribution >= 0.6 is 23.2 Å². The first-order valence-electron chi connectivity index (χ1n) is 23.5. The van der Waals surface area contributed by atoms with Crippen molar-refractivity contribution in [3.8, 4) is 22.5 Å². The van der Waals surface area contributed by atoms with Crippen LogP contribution < -0.4 is 24.9 Å². The van der Waals surface area contributed by atoms with Gasteiger partial charge in [0.1, 0.15) is 29.3 Å². The number of fused-ring (bicyclic) bond motifs is 4. The van der Waals surface area contributed by atoms with Crippen LogP contribution in [-0.2, 0) is 34.5 Å². The number of methoxy groups -OCH3 is 1. The highest BCUT2D eigenvalue weighted by molar-refractivity contribution is 7.89. The lowest BCUT2D eigenvalue weighted by molar-refractivity contribution is -0.150. The van der Waals surface area contributed by atoms with Crippen molar-refractivity contribution in [2.45, 2.75) is 100 Å². The van der Waals surface area contributed by atoms with E-state index in [-0.39, 0.29) is 59.2 Å². The molecule has 4 aliphatic rings. The average molecular weight is 1010 g/mol. The minimum absolute atomic E-state index is 0.0299. The van der Waals surface area contributed by atoms with Crippen molar-refractivity contribution in [3.63, 3.8) is 0 Å². The van der Waals surface area contributed by atoms with Gasteiger partial charge in [0.05, 0.1) is 34.0 Å². The maximum atomic E-state index is 13.6. The number of nitrogens with one attached hydrogen (secondary N) is 2. The summed E-state index contributed by atoms with van der Waals surface area (Å²) in [5.41, 5.74) is 3.59. The maximum Gasteiger partial charge on any atom is 0.310 e. The van der Waals surface area contributed by atoms with Crippen LogP contribution in [0.25, 0.3) is 33.4 Å². The fourth-order valence-electron chi connectivity index (χ4n) is 10.3. The molecule has 3 heterocycles. The summed E-state index contributed by atoms with van der Waals surface area (Å²) >= 11 is 12.5. The van der Waals surface area contributed by atoms with E-state index >= 15 is 0 Å². The second kappa shape index (κ2) is 22.0. The minimum atomic E-state index is -4.95. The highest BCUT2D eigenvalue weighted by Crippen LogP contribution is 2.48. The van der Waals surface area contributed by atoms with Crippen molar-refractivity contribution in [1.29, 1.82) is 0 Å². The summed E-state index contributed by atoms with van der Waals surface area (Å²) in [6, 6.07) is 20.9. The number of unbranched alkanes of at least 4 members (excludes halogenated alkanes) is 2. The van der Waals surface area contributed by atoms with Gasteiger partial charge in [-0.1, -0.05) is 41.8 Å². The molecule has 2 fully saturated rings. The molecule has 3 aliphatic heterocycles. The first-order chi connectivity index (χ1) is 32.5. The number of nitrogens with zero attached hydrogens (tertiary/aromatic N) is 3. The second-order valence-corrected chi connectivity index (χ2v) is 21.4. The molecule has 0 aromatic heterocycles. The van der Waals surface area contributed by atoms with Crippen LogP contribution in [0.15, 0.2) is 87.0 Å². The molecule has 0 unspecified atom stereocenters. The summed E-state index contributed by atoms with van der Waals surface area (Å²) in [6.07, 6.45) is 4.32. The van der Waals surface area contributed by atoms with Crippen molar-refractivity contribution in [3.05, 3.63) is 93.8 Å². The second-order valence-electron chi connectivity index (χ2n) is 17.5. The number of hydrogen-bond acceptors (Lipinski definition) is 10. The highest BCUT2D eigenvalue weighted by atomic mass is 35.5. The first kappa shape index (κ1) is 51.3. The lowest BCUT2D eigenvalue weighted by Crippen LogP contribution is -2.52. The van der Waals surface area contributed by atoms with E-state index in [1.807, 2.05) is 48.5 Å². The zero-order valence-electron chi connectivity index (χ0n) is 39.3. The van der Waals surface area contributed by atoms with Crippen LogP contribution in [0.5, 0.6) is 0 Å². The monoisotopic (exact) mass is 1010 g/mol. The zero-order valence-corrected chi connectivity index (χ0v) is 42.4. The van der Waals surface area contributed by atoms with Crippen molar-refractivity contribution >= 4 is 71.9 Å². The van der Waals surface area contributed by atoms with E-state index in [2.05, 4.69) is 52.1 Å². The fraction of sp³-hybridized carbons (Fsp3) is 0.460. The Morgan fingerprint density at radius 2 is 1.62 bits per heavy atom. The van der Waals surface area contributed by atoms with E-state index in [9.17, 15) is 31.0 Å². The predicted molar refractivity (Wildman–Crippen MR) is 268 cm³/mol. The molecule has 1 aliphatic carbocycles. The number of carbonyl (C=O) groups excluding carboxylic acids is 2. The Bertz CT molecular complexity index is 2920. The van der Waals surface area contributed by atoms with Crippen molar-refractivity contribution in [2.75, 3.05) is 57.8 Å². The molecule has 1 amide bonds. The normalized spacial score (nSPS) is 18.5. The summed E-state index contributed by atoms with van der Waals surface area (Å²) in [6.45, 7) is 12.3. The number of rotatable bonds is 20. The molecule has 3 aromatic carbocycles. The topological polar surface area (TPSA) is 179 Å². The number of carbonyl (C=O) groups is 2. The lowest BCUT2D eigenvalue weighted by atomic mass is 9.76. The molecule has 2 bridgehead atoms. The number of amides is 1. The lowest BCUT2D eigenvalue weighted by Gasteiger charge is -2.43. The third-order valence-corrected chi connectivity index (χ3v) is 16.8. The fourth-order valence-corrected chi connectivity index (χ4v) is 12.5. The van der Waals surface area contributed by atoms with Crippen LogP contribution in [0.1, 0.15) is 84.1 Å². The van der Waals surface area contributed by atoms with Gasteiger partial charge in [-0.2, -0.15) is 8.42 Å². The van der Waals surface area contributed by atoms with Gasteiger partial charge in [-0.15, -0.1) is 0 Å². The summed E-state index contributed by atoms with van der Waals surface area (Å²) in [7, 11) is -7.75.